The minimum absolute atomic E-state index is 0.260. The number of hydrogen-bond acceptors (Lipinski definition) is 6. The summed E-state index contributed by atoms with van der Waals surface area (Å²) < 4.78 is 11.8. The molecule has 10 heteroatoms. The Bertz CT molecular complexity index is 1120. The van der Waals surface area contributed by atoms with E-state index in [0.29, 0.717) is 48.2 Å². The summed E-state index contributed by atoms with van der Waals surface area (Å²) in [6.45, 7) is 1.89. The molecular weight excluding hydrogens is 532 g/mol. The van der Waals surface area contributed by atoms with Crippen molar-refractivity contribution in [3.8, 4) is 5.75 Å². The third-order valence-corrected chi connectivity index (χ3v) is 7.02. The summed E-state index contributed by atoms with van der Waals surface area (Å²) in [7, 11) is 0. The van der Waals surface area contributed by atoms with Gasteiger partial charge < -0.3 is 14.4 Å². The van der Waals surface area contributed by atoms with Crippen molar-refractivity contribution in [3.05, 3.63) is 68.0 Å². The molecule has 3 amide bonds. The van der Waals surface area contributed by atoms with E-state index in [9.17, 15) is 14.4 Å². The van der Waals surface area contributed by atoms with Crippen LogP contribution in [0.1, 0.15) is 11.1 Å². The highest BCUT2D eigenvalue weighted by molar-refractivity contribution is 9.10. The van der Waals surface area contributed by atoms with E-state index >= 15 is 0 Å². The van der Waals surface area contributed by atoms with Crippen LogP contribution < -0.4 is 4.74 Å². The fourth-order valence-corrected chi connectivity index (χ4v) is 4.87. The molecule has 33 heavy (non-hydrogen) atoms. The Hall–Kier alpha value is -2.33. The maximum atomic E-state index is 12.8. The fourth-order valence-electron chi connectivity index (χ4n) is 3.33. The third kappa shape index (κ3) is 5.78. The Morgan fingerprint density at radius 1 is 1.18 bits per heavy atom. The van der Waals surface area contributed by atoms with E-state index in [0.717, 1.165) is 27.8 Å². The van der Waals surface area contributed by atoms with Crippen molar-refractivity contribution in [3.63, 3.8) is 0 Å². The standard InChI is InChI=1S/C23H20BrClN2O5S/c24-17-11-15(5-6-19(17)32-14-16-3-1-2-4-18(16)25)12-20-22(29)27(23(30)33-20)13-21(28)26-7-9-31-10-8-26/h1-6,11-12H,7-10,13-14H2/b20-12-. The Kier molecular flexibility index (Phi) is 7.75. The predicted octanol–water partition coefficient (Wildman–Crippen LogP) is 4.58. The number of hydrogen-bond donors (Lipinski definition) is 0. The summed E-state index contributed by atoms with van der Waals surface area (Å²) >= 11 is 10.5. The van der Waals surface area contributed by atoms with Crippen LogP contribution in [0.25, 0.3) is 6.08 Å². The zero-order valence-corrected chi connectivity index (χ0v) is 20.6. The molecule has 0 atom stereocenters. The van der Waals surface area contributed by atoms with Gasteiger partial charge in [0.05, 0.1) is 22.6 Å². The molecule has 0 aromatic heterocycles. The summed E-state index contributed by atoms with van der Waals surface area (Å²) in [6, 6.07) is 12.8. The van der Waals surface area contributed by atoms with Crippen LogP contribution in [0, 0.1) is 0 Å². The maximum Gasteiger partial charge on any atom is 0.294 e. The average molecular weight is 552 g/mol. The Labute approximate surface area is 208 Å². The molecule has 4 rings (SSSR count). The van der Waals surface area contributed by atoms with Gasteiger partial charge in [-0.1, -0.05) is 35.9 Å². The number of nitrogens with zero attached hydrogens (tertiary/aromatic N) is 2. The van der Waals surface area contributed by atoms with Crippen LogP contribution >= 0.6 is 39.3 Å². The molecule has 7 nitrogen and oxygen atoms in total. The van der Waals surface area contributed by atoms with E-state index < -0.39 is 11.1 Å². The van der Waals surface area contributed by atoms with Crippen molar-refractivity contribution in [2.24, 2.45) is 0 Å². The average Bonchev–Trinajstić information content (AvgIpc) is 3.07. The van der Waals surface area contributed by atoms with E-state index in [4.69, 9.17) is 21.1 Å². The summed E-state index contributed by atoms with van der Waals surface area (Å²) in [5.74, 6) is -0.109. The number of halogens is 2. The molecular formula is C23H20BrClN2O5S. The molecule has 0 N–H and O–H groups in total. The molecule has 0 bridgehead atoms. The molecule has 2 aliphatic rings. The summed E-state index contributed by atoms with van der Waals surface area (Å²) in [4.78, 5) is 40.4. The van der Waals surface area contributed by atoms with E-state index in [1.165, 1.54) is 0 Å². The van der Waals surface area contributed by atoms with Crippen LogP contribution in [0.4, 0.5) is 4.79 Å². The van der Waals surface area contributed by atoms with Crippen LogP contribution in [-0.4, -0.2) is 59.7 Å². The monoisotopic (exact) mass is 550 g/mol. The number of thioether (sulfide) groups is 1. The van der Waals surface area contributed by atoms with Gasteiger partial charge in [-0.15, -0.1) is 0 Å². The molecule has 0 spiro atoms. The Balaban J connectivity index is 1.41. The van der Waals surface area contributed by atoms with Crippen molar-refractivity contribution >= 4 is 62.4 Å². The zero-order valence-electron chi connectivity index (χ0n) is 17.5. The van der Waals surface area contributed by atoms with Crippen molar-refractivity contribution in [2.75, 3.05) is 32.8 Å². The number of amides is 3. The van der Waals surface area contributed by atoms with Gasteiger partial charge in [0.15, 0.2) is 0 Å². The Morgan fingerprint density at radius 3 is 2.67 bits per heavy atom. The lowest BCUT2D eigenvalue weighted by Crippen LogP contribution is -2.46. The molecule has 2 saturated heterocycles. The van der Waals surface area contributed by atoms with Crippen LogP contribution in [0.2, 0.25) is 5.02 Å². The highest BCUT2D eigenvalue weighted by Crippen LogP contribution is 2.34. The first kappa shape index (κ1) is 23.8. The summed E-state index contributed by atoms with van der Waals surface area (Å²) in [5, 5.41) is 0.180. The van der Waals surface area contributed by atoms with Gasteiger partial charge in [0.2, 0.25) is 5.91 Å². The van der Waals surface area contributed by atoms with Gasteiger partial charge in [-0.3, -0.25) is 19.3 Å². The Morgan fingerprint density at radius 2 is 1.94 bits per heavy atom. The first-order valence-corrected chi connectivity index (χ1v) is 12.2. The van der Waals surface area contributed by atoms with Crippen molar-refractivity contribution in [1.82, 2.24) is 9.80 Å². The molecule has 0 aliphatic carbocycles. The molecule has 2 fully saturated rings. The smallest absolute Gasteiger partial charge is 0.294 e. The number of ether oxygens (including phenoxy) is 2. The highest BCUT2D eigenvalue weighted by atomic mass is 79.9. The highest BCUT2D eigenvalue weighted by Gasteiger charge is 2.37. The summed E-state index contributed by atoms with van der Waals surface area (Å²) in [6.07, 6.45) is 1.63. The number of rotatable bonds is 6. The lowest BCUT2D eigenvalue weighted by Gasteiger charge is -2.28. The lowest BCUT2D eigenvalue weighted by atomic mass is 10.2. The van der Waals surface area contributed by atoms with Gasteiger partial charge >= 0.3 is 0 Å². The number of morpholine rings is 1. The molecule has 0 radical (unpaired) electrons. The second-order valence-corrected chi connectivity index (χ2v) is 9.59. The van der Waals surface area contributed by atoms with Crippen LogP contribution in [0.3, 0.4) is 0 Å². The maximum absolute atomic E-state index is 12.8. The largest absolute Gasteiger partial charge is 0.488 e. The van der Waals surface area contributed by atoms with Crippen LogP contribution in [-0.2, 0) is 20.9 Å². The molecule has 0 saturated carbocycles. The van der Waals surface area contributed by atoms with Crippen LogP contribution in [0.5, 0.6) is 5.75 Å². The topological polar surface area (TPSA) is 76.2 Å². The second kappa shape index (κ2) is 10.7. The van der Waals surface area contributed by atoms with E-state index in [2.05, 4.69) is 15.9 Å². The quantitative estimate of drug-likeness (QED) is 0.490. The van der Waals surface area contributed by atoms with Gasteiger partial charge in [0, 0.05) is 23.7 Å². The number of carbonyl (C=O) groups is 3. The predicted molar refractivity (Wildman–Crippen MR) is 130 cm³/mol. The van der Waals surface area contributed by atoms with Gasteiger partial charge in [-0.2, -0.15) is 0 Å². The van der Waals surface area contributed by atoms with Crippen LogP contribution in [0.15, 0.2) is 51.8 Å². The van der Waals surface area contributed by atoms with Crippen molar-refractivity contribution < 1.29 is 23.9 Å². The third-order valence-electron chi connectivity index (χ3n) is 5.13. The molecule has 2 aromatic rings. The molecule has 172 valence electrons. The van der Waals surface area contributed by atoms with Crippen molar-refractivity contribution in [2.45, 2.75) is 6.61 Å². The fraction of sp³-hybridized carbons (Fsp3) is 0.261. The first-order chi connectivity index (χ1) is 15.9. The van der Waals surface area contributed by atoms with E-state index in [1.807, 2.05) is 18.2 Å². The minimum atomic E-state index is -0.471. The van der Waals surface area contributed by atoms with Gasteiger partial charge in [0.25, 0.3) is 11.1 Å². The number of carbonyl (C=O) groups excluding carboxylic acids is 3. The minimum Gasteiger partial charge on any atom is -0.488 e. The first-order valence-electron chi connectivity index (χ1n) is 10.2. The van der Waals surface area contributed by atoms with E-state index in [-0.39, 0.29) is 17.4 Å². The molecule has 2 heterocycles. The van der Waals surface area contributed by atoms with Gasteiger partial charge in [0.1, 0.15) is 18.9 Å². The van der Waals surface area contributed by atoms with E-state index in [1.54, 1.807) is 35.2 Å². The number of benzene rings is 2. The summed E-state index contributed by atoms with van der Waals surface area (Å²) in [5.41, 5.74) is 1.59. The normalized spacial score (nSPS) is 17.7. The SMILES string of the molecule is O=C(CN1C(=O)S/C(=C\c2ccc(OCc3ccccc3Cl)c(Br)c2)C1=O)N1CCOCC1. The van der Waals surface area contributed by atoms with Gasteiger partial charge in [-0.25, -0.2) is 0 Å². The molecule has 2 aromatic carbocycles. The zero-order chi connectivity index (χ0) is 23.4. The molecule has 2 aliphatic heterocycles. The second-order valence-electron chi connectivity index (χ2n) is 7.33. The number of imide groups is 1. The van der Waals surface area contributed by atoms with Gasteiger partial charge in [-0.05, 0) is 57.5 Å². The van der Waals surface area contributed by atoms with Crippen molar-refractivity contribution in [1.29, 1.82) is 0 Å². The lowest BCUT2D eigenvalue weighted by molar-refractivity contribution is -0.139. The molecule has 0 unspecified atom stereocenters.